The number of hydroxylamine groups is 4. The SMILES string of the molecule is CC1(C)CC(OC(=O)c2cccc(C(=O)OC3CC(C)(C)N(OC4CCCCC4)C(C)(C)C3)c2)CC(C)(C)N1OC1CCCCC1. The van der Waals surface area contributed by atoms with Gasteiger partial charge in [0.05, 0.1) is 23.3 Å². The number of hydrogen-bond acceptors (Lipinski definition) is 8. The molecule has 0 spiro atoms. The van der Waals surface area contributed by atoms with Gasteiger partial charge in [-0.25, -0.2) is 9.59 Å². The summed E-state index contributed by atoms with van der Waals surface area (Å²) in [6, 6.07) is 6.77. The summed E-state index contributed by atoms with van der Waals surface area (Å²) in [4.78, 5) is 40.1. The van der Waals surface area contributed by atoms with E-state index in [1.807, 2.05) is 0 Å². The number of rotatable bonds is 8. The van der Waals surface area contributed by atoms with Crippen molar-refractivity contribution in [2.75, 3.05) is 0 Å². The Morgan fingerprint density at radius 1 is 0.543 bits per heavy atom. The Morgan fingerprint density at radius 2 is 0.870 bits per heavy atom. The van der Waals surface area contributed by atoms with Crippen molar-refractivity contribution in [1.29, 1.82) is 0 Å². The number of benzene rings is 1. The van der Waals surface area contributed by atoms with Gasteiger partial charge >= 0.3 is 11.9 Å². The Labute approximate surface area is 277 Å². The van der Waals surface area contributed by atoms with Crippen LogP contribution in [0.15, 0.2) is 24.3 Å². The summed E-state index contributed by atoms with van der Waals surface area (Å²) >= 11 is 0. The highest BCUT2D eigenvalue weighted by atomic mass is 16.7. The predicted molar refractivity (Wildman–Crippen MR) is 179 cm³/mol. The lowest BCUT2D eigenvalue weighted by atomic mass is 9.80. The normalized spacial score (nSPS) is 26.4. The second-order valence-corrected chi connectivity index (χ2v) is 17.0. The van der Waals surface area contributed by atoms with Crippen molar-refractivity contribution < 1.29 is 28.7 Å². The molecule has 0 N–H and O–H groups in total. The highest BCUT2D eigenvalue weighted by molar-refractivity contribution is 5.95. The monoisotopic (exact) mass is 640 g/mol. The van der Waals surface area contributed by atoms with Crippen LogP contribution in [0.2, 0.25) is 0 Å². The summed E-state index contributed by atoms with van der Waals surface area (Å²) in [5.41, 5.74) is -0.463. The molecule has 4 aliphatic rings. The minimum Gasteiger partial charge on any atom is -0.459 e. The number of esters is 2. The lowest BCUT2D eigenvalue weighted by Gasteiger charge is -2.54. The van der Waals surface area contributed by atoms with Crippen LogP contribution in [0.5, 0.6) is 0 Å². The molecule has 1 aromatic carbocycles. The standard InChI is InChI=1S/C38H60N2O6/c1-35(2)23-31(24-36(3,4)39(35)45-29-18-11-9-12-19-29)43-33(41)27-16-15-17-28(22-27)34(42)44-32-25-37(5,6)40(38(7,8)26-32)46-30-20-13-10-14-21-30/h15-17,22,29-32H,9-14,18-21,23-26H2,1-8H3. The Morgan fingerprint density at radius 3 is 1.20 bits per heavy atom. The van der Waals surface area contributed by atoms with E-state index in [4.69, 9.17) is 19.1 Å². The molecule has 0 amide bonds. The van der Waals surface area contributed by atoms with Crippen LogP contribution in [0.4, 0.5) is 0 Å². The summed E-state index contributed by atoms with van der Waals surface area (Å²) in [6.45, 7) is 17.4. The minimum atomic E-state index is -0.414. The fourth-order valence-electron chi connectivity index (χ4n) is 8.93. The van der Waals surface area contributed by atoms with Crippen molar-refractivity contribution in [3.63, 3.8) is 0 Å². The first-order chi connectivity index (χ1) is 21.6. The molecule has 0 bridgehead atoms. The van der Waals surface area contributed by atoms with E-state index in [1.54, 1.807) is 24.3 Å². The zero-order chi connectivity index (χ0) is 33.3. The predicted octanol–water partition coefficient (Wildman–Crippen LogP) is 8.57. The van der Waals surface area contributed by atoms with Crippen molar-refractivity contribution in [2.24, 2.45) is 0 Å². The third kappa shape index (κ3) is 8.34. The molecule has 8 heteroatoms. The molecule has 1 aromatic rings. The molecule has 2 aliphatic carbocycles. The molecule has 2 saturated carbocycles. The third-order valence-electron chi connectivity index (χ3n) is 10.6. The molecular weight excluding hydrogens is 580 g/mol. The van der Waals surface area contributed by atoms with E-state index in [1.165, 1.54) is 38.5 Å². The molecule has 0 radical (unpaired) electrons. The van der Waals surface area contributed by atoms with Crippen molar-refractivity contribution in [3.8, 4) is 0 Å². The summed E-state index contributed by atoms with van der Waals surface area (Å²) < 4.78 is 12.2. The van der Waals surface area contributed by atoms with Crippen LogP contribution in [-0.2, 0) is 19.1 Å². The number of hydrogen-bond donors (Lipinski definition) is 0. The van der Waals surface area contributed by atoms with Gasteiger partial charge in [-0.15, -0.1) is 0 Å². The Kier molecular flexibility index (Phi) is 10.6. The number of ether oxygens (including phenoxy) is 2. The van der Waals surface area contributed by atoms with Crippen LogP contribution in [0.25, 0.3) is 0 Å². The summed E-state index contributed by atoms with van der Waals surface area (Å²) in [6.07, 6.45) is 14.5. The molecule has 4 fully saturated rings. The molecule has 258 valence electrons. The van der Waals surface area contributed by atoms with Gasteiger partial charge in [0.2, 0.25) is 0 Å². The minimum absolute atomic E-state index is 0.258. The fraction of sp³-hybridized carbons (Fsp3) is 0.789. The van der Waals surface area contributed by atoms with Gasteiger partial charge in [0.25, 0.3) is 0 Å². The summed E-state index contributed by atoms with van der Waals surface area (Å²) in [5, 5.41) is 4.35. The molecule has 46 heavy (non-hydrogen) atoms. The zero-order valence-electron chi connectivity index (χ0n) is 29.9. The van der Waals surface area contributed by atoms with E-state index >= 15 is 0 Å². The maximum Gasteiger partial charge on any atom is 0.338 e. The lowest BCUT2D eigenvalue weighted by Crippen LogP contribution is -2.63. The van der Waals surface area contributed by atoms with E-state index in [2.05, 4.69) is 65.5 Å². The van der Waals surface area contributed by atoms with Gasteiger partial charge < -0.3 is 9.47 Å². The summed E-state index contributed by atoms with van der Waals surface area (Å²) in [5.74, 6) is -0.827. The molecule has 2 aliphatic heterocycles. The highest BCUT2D eigenvalue weighted by Gasteiger charge is 2.50. The van der Waals surface area contributed by atoms with E-state index < -0.39 is 11.9 Å². The van der Waals surface area contributed by atoms with E-state index in [-0.39, 0.29) is 46.6 Å². The molecule has 0 unspecified atom stereocenters. The van der Waals surface area contributed by atoms with Crippen LogP contribution in [0.1, 0.15) is 166 Å². The van der Waals surface area contributed by atoms with Gasteiger partial charge in [0.1, 0.15) is 12.2 Å². The largest absolute Gasteiger partial charge is 0.459 e. The first-order valence-electron chi connectivity index (χ1n) is 18.0. The smallest absolute Gasteiger partial charge is 0.338 e. The average Bonchev–Trinajstić information content (AvgIpc) is 2.97. The second kappa shape index (κ2) is 13.9. The second-order valence-electron chi connectivity index (χ2n) is 17.0. The maximum absolute atomic E-state index is 13.4. The van der Waals surface area contributed by atoms with Crippen molar-refractivity contribution in [1.82, 2.24) is 10.1 Å². The molecule has 0 atom stereocenters. The highest BCUT2D eigenvalue weighted by Crippen LogP contribution is 2.43. The van der Waals surface area contributed by atoms with E-state index in [9.17, 15) is 9.59 Å². The van der Waals surface area contributed by atoms with Gasteiger partial charge in [0.15, 0.2) is 0 Å². The number of nitrogens with zero attached hydrogens (tertiary/aromatic N) is 2. The third-order valence-corrected chi connectivity index (χ3v) is 10.6. The van der Waals surface area contributed by atoms with Crippen LogP contribution >= 0.6 is 0 Å². The van der Waals surface area contributed by atoms with E-state index in [0.29, 0.717) is 36.8 Å². The molecule has 5 rings (SSSR count). The maximum atomic E-state index is 13.4. The Balaban J connectivity index is 1.19. The lowest BCUT2D eigenvalue weighted by molar-refractivity contribution is -0.317. The topological polar surface area (TPSA) is 77.5 Å². The Bertz CT molecular complexity index is 1090. The van der Waals surface area contributed by atoms with Crippen LogP contribution in [0.3, 0.4) is 0 Å². The van der Waals surface area contributed by atoms with Crippen molar-refractivity contribution >= 4 is 11.9 Å². The fourth-order valence-corrected chi connectivity index (χ4v) is 8.93. The number of carbonyl (C=O) groups is 2. The number of piperidine rings is 2. The molecule has 0 aromatic heterocycles. The van der Waals surface area contributed by atoms with Gasteiger partial charge in [-0.05, 0) is 99.3 Å². The summed E-state index contributed by atoms with van der Waals surface area (Å²) in [7, 11) is 0. The van der Waals surface area contributed by atoms with Gasteiger partial charge in [-0.3, -0.25) is 9.68 Å². The van der Waals surface area contributed by atoms with Gasteiger partial charge in [-0.1, -0.05) is 44.6 Å². The van der Waals surface area contributed by atoms with Crippen LogP contribution in [0, 0.1) is 0 Å². The molecule has 8 nitrogen and oxygen atoms in total. The van der Waals surface area contributed by atoms with E-state index in [0.717, 1.165) is 25.7 Å². The first kappa shape index (κ1) is 35.3. The van der Waals surface area contributed by atoms with Crippen molar-refractivity contribution in [2.45, 2.75) is 192 Å². The zero-order valence-corrected chi connectivity index (χ0v) is 29.9. The van der Waals surface area contributed by atoms with Crippen LogP contribution in [-0.4, -0.2) is 68.6 Å². The first-order valence-corrected chi connectivity index (χ1v) is 18.0. The molecule has 2 saturated heterocycles. The van der Waals surface area contributed by atoms with Gasteiger partial charge in [0, 0.05) is 47.8 Å². The average molecular weight is 641 g/mol. The Hall–Kier alpha value is -2.00. The van der Waals surface area contributed by atoms with Gasteiger partial charge in [-0.2, -0.15) is 10.1 Å². The molecule has 2 heterocycles. The van der Waals surface area contributed by atoms with Crippen molar-refractivity contribution in [3.05, 3.63) is 35.4 Å². The van der Waals surface area contributed by atoms with Crippen LogP contribution < -0.4 is 0 Å². The molecular formula is C38H60N2O6. The quantitative estimate of drug-likeness (QED) is 0.262. The number of carbonyl (C=O) groups excluding carboxylic acids is 2.